The van der Waals surface area contributed by atoms with Gasteiger partial charge in [0.25, 0.3) is 0 Å². The van der Waals surface area contributed by atoms with Crippen LogP contribution in [0.5, 0.6) is 0 Å². The van der Waals surface area contributed by atoms with Crippen LogP contribution in [-0.2, 0) is 0 Å². The maximum Gasteiger partial charge on any atom is 3.00 e. The first-order valence-electron chi connectivity index (χ1n) is 1.41. The minimum Gasteiger partial charge on any atom is -0.907 e. The molecule has 0 N–H and O–H groups in total. The fraction of sp³-hybridized carbons (Fsp3) is 0. The Morgan fingerprint density at radius 1 is 0.600 bits per heavy atom. The molecule has 0 bridgehead atoms. The first-order chi connectivity index (χ1) is 3.46. The molecule has 0 aromatic heterocycles. The number of hydrogen-bond acceptors (Lipinski definition) is 6. The molecular weight excluding hydrogens is 295 g/mol. The molecule has 1 radical (unpaired) electrons. The van der Waals surface area contributed by atoms with Gasteiger partial charge in [0.05, 0.1) is 0 Å². The van der Waals surface area contributed by atoms with Crippen LogP contribution in [0.25, 0.3) is 0 Å². The molecule has 10 heteroatoms. The van der Waals surface area contributed by atoms with Crippen LogP contribution in [0, 0.1) is 40.4 Å². The predicted octanol–water partition coefficient (Wildman–Crippen LogP) is -8.28. The standard InChI is InChI=1S/Al.2BO3.Sm/c;2*2-1(3)4;/q+3;2*-3;+3. The smallest absolute Gasteiger partial charge is 0.907 e. The van der Waals surface area contributed by atoms with Crippen molar-refractivity contribution in [2.75, 3.05) is 0 Å². The second kappa shape index (κ2) is 17.0. The Morgan fingerprint density at radius 2 is 0.600 bits per heavy atom. The fourth-order valence-electron chi connectivity index (χ4n) is 0. The molecular formula is AlB2O6Sm. The molecule has 0 saturated heterocycles. The van der Waals surface area contributed by atoms with Crippen LogP contribution < -0.4 is 30.1 Å². The molecule has 0 aliphatic carbocycles. The number of hydrogen-bond donors (Lipinski definition) is 0. The van der Waals surface area contributed by atoms with E-state index in [1.165, 1.54) is 0 Å². The number of rotatable bonds is 0. The summed E-state index contributed by atoms with van der Waals surface area (Å²) in [5.41, 5.74) is 0. The van der Waals surface area contributed by atoms with Crippen molar-refractivity contribution in [1.29, 1.82) is 0 Å². The van der Waals surface area contributed by atoms with E-state index in [1.807, 2.05) is 0 Å². The van der Waals surface area contributed by atoms with Crippen molar-refractivity contribution in [3.63, 3.8) is 0 Å². The van der Waals surface area contributed by atoms with E-state index in [0.29, 0.717) is 0 Å². The third-order valence-corrected chi connectivity index (χ3v) is 0. The van der Waals surface area contributed by atoms with Crippen LogP contribution in [0.2, 0.25) is 0 Å². The predicted molar refractivity (Wildman–Crippen MR) is 17.3 cm³/mol. The maximum atomic E-state index is 8.42. The van der Waals surface area contributed by atoms with Crippen LogP contribution >= 0.6 is 0 Å². The van der Waals surface area contributed by atoms with Gasteiger partial charge in [-0.15, -0.1) is 0 Å². The van der Waals surface area contributed by atoms with Crippen LogP contribution in [0.15, 0.2) is 0 Å². The third kappa shape index (κ3) is 242. The molecule has 0 unspecified atom stereocenters. The minimum atomic E-state index is -2.92. The Hall–Kier alpha value is 1.76. The first kappa shape index (κ1) is 22.6. The average molecular weight is 295 g/mol. The molecule has 0 saturated carbocycles. The van der Waals surface area contributed by atoms with Gasteiger partial charge in [-0.3, -0.25) is 14.6 Å². The Kier molecular flexibility index (Phi) is 38.5. The zero-order valence-electron chi connectivity index (χ0n) is 4.59. The van der Waals surface area contributed by atoms with Gasteiger partial charge in [-0.25, -0.2) is 0 Å². The van der Waals surface area contributed by atoms with Gasteiger partial charge < -0.3 is 30.1 Å². The van der Waals surface area contributed by atoms with Gasteiger partial charge in [0.1, 0.15) is 0 Å². The van der Waals surface area contributed by atoms with Crippen molar-refractivity contribution in [3.8, 4) is 0 Å². The van der Waals surface area contributed by atoms with E-state index in [9.17, 15) is 0 Å². The van der Waals surface area contributed by atoms with Crippen LogP contribution in [0.1, 0.15) is 0 Å². The van der Waals surface area contributed by atoms with E-state index in [4.69, 9.17) is 30.1 Å². The van der Waals surface area contributed by atoms with Crippen molar-refractivity contribution in [1.82, 2.24) is 0 Å². The molecule has 0 aromatic rings. The summed E-state index contributed by atoms with van der Waals surface area (Å²) >= 11 is 0. The second-order valence-electron chi connectivity index (χ2n) is 0.577. The van der Waals surface area contributed by atoms with Gasteiger partial charge >= 0.3 is 57.7 Å². The van der Waals surface area contributed by atoms with Crippen molar-refractivity contribution in [3.05, 3.63) is 0 Å². The van der Waals surface area contributed by atoms with Crippen LogP contribution in [-0.4, -0.2) is 32.0 Å². The topological polar surface area (TPSA) is 138 Å². The van der Waals surface area contributed by atoms with E-state index in [2.05, 4.69) is 0 Å². The van der Waals surface area contributed by atoms with Crippen molar-refractivity contribution >= 4 is 32.0 Å². The average Bonchev–Trinajstić information content (AvgIpc) is 1.25. The van der Waals surface area contributed by atoms with E-state index < -0.39 is 14.6 Å². The molecule has 10 heavy (non-hydrogen) atoms. The fourth-order valence-corrected chi connectivity index (χ4v) is 0. The van der Waals surface area contributed by atoms with Gasteiger partial charge in [-0.05, 0) is 0 Å². The van der Waals surface area contributed by atoms with E-state index >= 15 is 0 Å². The van der Waals surface area contributed by atoms with Gasteiger partial charge in [0.15, 0.2) is 0 Å². The molecule has 51 valence electrons. The van der Waals surface area contributed by atoms with Crippen LogP contribution in [0.4, 0.5) is 0 Å². The van der Waals surface area contributed by atoms with E-state index in [0.717, 1.165) is 0 Å². The zero-order chi connectivity index (χ0) is 7.15. The van der Waals surface area contributed by atoms with Gasteiger partial charge in [-0.2, -0.15) is 0 Å². The monoisotopic (exact) mass is 297 g/mol. The summed E-state index contributed by atoms with van der Waals surface area (Å²) in [7, 11) is -5.83. The summed E-state index contributed by atoms with van der Waals surface area (Å²) in [5, 5.41) is 50.5. The van der Waals surface area contributed by atoms with E-state index in [-0.39, 0.29) is 57.7 Å². The molecule has 0 spiro atoms. The third-order valence-electron chi connectivity index (χ3n) is 0. The molecule has 0 rings (SSSR count). The quantitative estimate of drug-likeness (QED) is 0.407. The van der Waals surface area contributed by atoms with Crippen molar-refractivity contribution in [2.45, 2.75) is 0 Å². The first-order valence-corrected chi connectivity index (χ1v) is 1.41. The van der Waals surface area contributed by atoms with Gasteiger partial charge in [0.2, 0.25) is 0 Å². The molecule has 0 fully saturated rings. The molecule has 6 nitrogen and oxygen atoms in total. The summed E-state index contributed by atoms with van der Waals surface area (Å²) in [4.78, 5) is 0. The summed E-state index contributed by atoms with van der Waals surface area (Å²) in [6.45, 7) is 0. The minimum absolute atomic E-state index is 0. The van der Waals surface area contributed by atoms with Crippen molar-refractivity contribution in [2.24, 2.45) is 0 Å². The summed E-state index contributed by atoms with van der Waals surface area (Å²) in [6.07, 6.45) is 0. The summed E-state index contributed by atoms with van der Waals surface area (Å²) in [5.74, 6) is 0. The molecule has 0 aliphatic heterocycles. The molecule has 0 atom stereocenters. The van der Waals surface area contributed by atoms with Crippen molar-refractivity contribution < 1.29 is 70.5 Å². The Morgan fingerprint density at radius 3 is 0.600 bits per heavy atom. The Labute approximate surface area is 101 Å². The van der Waals surface area contributed by atoms with E-state index in [1.54, 1.807) is 0 Å². The van der Waals surface area contributed by atoms with Gasteiger partial charge in [0, 0.05) is 0 Å². The zero-order valence-corrected chi connectivity index (χ0v) is 8.36. The molecule has 0 heterocycles. The molecule has 0 aromatic carbocycles. The second-order valence-corrected chi connectivity index (χ2v) is 0.577. The summed E-state index contributed by atoms with van der Waals surface area (Å²) in [6, 6.07) is 0. The van der Waals surface area contributed by atoms with Crippen LogP contribution in [0.3, 0.4) is 0 Å². The maximum absolute atomic E-state index is 8.42. The van der Waals surface area contributed by atoms with Gasteiger partial charge in [-0.1, -0.05) is 0 Å². The normalized spacial score (nSPS) is 5.40. The Bertz CT molecular complexity index is 31.2. The largest absolute Gasteiger partial charge is 3.00 e. The SMILES string of the molecule is [Al+3].[O-]B([O-])[O-].[O-]B([O-])[O-].[Sm+3]. The molecule has 0 amide bonds. The Balaban J connectivity index is -0.0000000300. The molecule has 0 aliphatic rings. The summed E-state index contributed by atoms with van der Waals surface area (Å²) < 4.78 is 0.